The third-order valence-corrected chi connectivity index (χ3v) is 6.72. The Kier molecular flexibility index (Phi) is 8.95. The number of amides is 1. The first kappa shape index (κ1) is 26.4. The molecule has 0 aliphatic carbocycles. The number of nitrogens with one attached hydrogen (secondary N) is 2. The molecule has 0 bridgehead atoms. The minimum atomic E-state index is -0.272. The lowest BCUT2D eigenvalue weighted by Crippen LogP contribution is -2.26. The zero-order chi connectivity index (χ0) is 26.2. The fraction of sp³-hybridized carbons (Fsp3) is 0.276. The van der Waals surface area contributed by atoms with Gasteiger partial charge in [-0.15, -0.1) is 11.8 Å². The van der Waals surface area contributed by atoms with Crippen LogP contribution in [-0.4, -0.2) is 43.0 Å². The van der Waals surface area contributed by atoms with Crippen molar-refractivity contribution in [1.82, 2.24) is 10.3 Å². The summed E-state index contributed by atoms with van der Waals surface area (Å²) in [5.74, 6) is 1.63. The van der Waals surface area contributed by atoms with E-state index in [1.807, 2.05) is 39.0 Å². The van der Waals surface area contributed by atoms with Crippen molar-refractivity contribution in [2.45, 2.75) is 25.7 Å². The summed E-state index contributed by atoms with van der Waals surface area (Å²) in [6.45, 7) is 7.43. The Morgan fingerprint density at radius 1 is 0.919 bits per heavy atom. The number of para-hydroxylation sites is 1. The molecule has 0 unspecified atom stereocenters. The lowest BCUT2D eigenvalue weighted by molar-refractivity contribution is 0.0955. The first-order valence-corrected chi connectivity index (χ1v) is 13.4. The van der Waals surface area contributed by atoms with Gasteiger partial charge in [-0.25, -0.2) is 4.39 Å². The van der Waals surface area contributed by atoms with Gasteiger partial charge in [-0.2, -0.15) is 0 Å². The minimum absolute atomic E-state index is 0.219. The van der Waals surface area contributed by atoms with Crippen LogP contribution >= 0.6 is 11.8 Å². The first-order valence-electron chi connectivity index (χ1n) is 12.4. The summed E-state index contributed by atoms with van der Waals surface area (Å²) >= 11 is 1.64. The van der Waals surface area contributed by atoms with Gasteiger partial charge in [-0.05, 0) is 68.8 Å². The van der Waals surface area contributed by atoms with Crippen molar-refractivity contribution in [2.24, 2.45) is 0 Å². The van der Waals surface area contributed by atoms with E-state index in [2.05, 4.69) is 16.4 Å². The average molecular weight is 523 g/mol. The van der Waals surface area contributed by atoms with E-state index < -0.39 is 0 Å². The molecule has 1 aromatic heterocycles. The van der Waals surface area contributed by atoms with Gasteiger partial charge in [0.25, 0.3) is 5.91 Å². The average Bonchev–Trinajstić information content (AvgIpc) is 3.27. The predicted molar refractivity (Wildman–Crippen MR) is 147 cm³/mol. The summed E-state index contributed by atoms with van der Waals surface area (Å²) in [6.07, 6.45) is 0. The molecule has 0 radical (unpaired) electrons. The molecule has 4 aromatic rings. The van der Waals surface area contributed by atoms with Crippen LogP contribution in [0.5, 0.6) is 17.2 Å². The molecule has 0 aliphatic heterocycles. The number of hydrogen-bond acceptors (Lipinski definition) is 5. The number of ether oxygens (including phenoxy) is 3. The number of aromatic amines is 1. The second-order valence-corrected chi connectivity index (χ2v) is 9.19. The molecule has 3 aromatic carbocycles. The van der Waals surface area contributed by atoms with Gasteiger partial charge in [0.05, 0.1) is 25.5 Å². The van der Waals surface area contributed by atoms with Gasteiger partial charge in [0.2, 0.25) is 5.75 Å². The number of thioether (sulfide) groups is 1. The van der Waals surface area contributed by atoms with E-state index >= 15 is 0 Å². The first-order chi connectivity index (χ1) is 18.0. The Morgan fingerprint density at radius 2 is 1.57 bits per heavy atom. The molecule has 1 heterocycles. The van der Waals surface area contributed by atoms with E-state index in [-0.39, 0.29) is 11.7 Å². The molecule has 0 aliphatic rings. The van der Waals surface area contributed by atoms with Crippen LogP contribution in [0.3, 0.4) is 0 Å². The summed E-state index contributed by atoms with van der Waals surface area (Å²) in [4.78, 5) is 17.5. The third kappa shape index (κ3) is 6.20. The molecule has 0 spiro atoms. The number of fused-ring (bicyclic) bond motifs is 1. The second-order valence-electron chi connectivity index (χ2n) is 8.09. The van der Waals surface area contributed by atoms with Crippen LogP contribution in [0.2, 0.25) is 0 Å². The molecule has 194 valence electrons. The van der Waals surface area contributed by atoms with Crippen molar-refractivity contribution in [3.63, 3.8) is 0 Å². The molecular formula is C29H31FN2O4S. The van der Waals surface area contributed by atoms with Gasteiger partial charge >= 0.3 is 0 Å². The largest absolute Gasteiger partial charge is 0.490 e. The molecule has 0 saturated carbocycles. The third-order valence-electron chi connectivity index (χ3n) is 5.60. The molecule has 0 fully saturated rings. The number of aromatic nitrogens is 1. The van der Waals surface area contributed by atoms with Crippen LogP contribution < -0.4 is 19.5 Å². The van der Waals surface area contributed by atoms with E-state index in [4.69, 9.17) is 14.2 Å². The molecule has 2 N–H and O–H groups in total. The molecule has 37 heavy (non-hydrogen) atoms. The van der Waals surface area contributed by atoms with Crippen molar-refractivity contribution >= 4 is 28.6 Å². The van der Waals surface area contributed by atoms with Gasteiger partial charge in [-0.1, -0.05) is 18.2 Å². The fourth-order valence-electron chi connectivity index (χ4n) is 4.03. The summed E-state index contributed by atoms with van der Waals surface area (Å²) in [7, 11) is 0. The van der Waals surface area contributed by atoms with Crippen LogP contribution in [0.4, 0.5) is 4.39 Å². The number of hydrogen-bond donors (Lipinski definition) is 2. The van der Waals surface area contributed by atoms with Gasteiger partial charge in [0.1, 0.15) is 5.82 Å². The Hall–Kier alpha value is -3.65. The van der Waals surface area contributed by atoms with Crippen molar-refractivity contribution < 1.29 is 23.4 Å². The number of H-pyrrole nitrogens is 1. The highest BCUT2D eigenvalue weighted by atomic mass is 32.2. The van der Waals surface area contributed by atoms with Crippen LogP contribution in [0.15, 0.2) is 65.6 Å². The summed E-state index contributed by atoms with van der Waals surface area (Å²) < 4.78 is 30.7. The van der Waals surface area contributed by atoms with Gasteiger partial charge in [0, 0.05) is 33.7 Å². The van der Waals surface area contributed by atoms with E-state index in [0.717, 1.165) is 27.1 Å². The lowest BCUT2D eigenvalue weighted by atomic mass is 10.1. The Labute approximate surface area is 220 Å². The van der Waals surface area contributed by atoms with E-state index in [0.29, 0.717) is 54.9 Å². The fourth-order valence-corrected chi connectivity index (χ4v) is 5.08. The van der Waals surface area contributed by atoms with Crippen molar-refractivity contribution in [1.29, 1.82) is 0 Å². The topological polar surface area (TPSA) is 72.6 Å². The molecular weight excluding hydrogens is 491 g/mol. The quantitative estimate of drug-likeness (QED) is 0.160. The van der Waals surface area contributed by atoms with Crippen LogP contribution in [0, 0.1) is 5.82 Å². The van der Waals surface area contributed by atoms with Crippen LogP contribution in [-0.2, 0) is 0 Å². The zero-order valence-corrected chi connectivity index (χ0v) is 22.0. The van der Waals surface area contributed by atoms with Gasteiger partial charge in [0.15, 0.2) is 11.5 Å². The van der Waals surface area contributed by atoms with Crippen molar-refractivity contribution in [3.8, 4) is 28.5 Å². The number of rotatable bonds is 12. The highest BCUT2D eigenvalue weighted by molar-refractivity contribution is 7.99. The van der Waals surface area contributed by atoms with Gasteiger partial charge in [-0.3, -0.25) is 4.79 Å². The van der Waals surface area contributed by atoms with Gasteiger partial charge < -0.3 is 24.5 Å². The summed E-state index contributed by atoms with van der Waals surface area (Å²) in [5, 5.41) is 4.08. The smallest absolute Gasteiger partial charge is 0.251 e. The lowest BCUT2D eigenvalue weighted by Gasteiger charge is -2.17. The zero-order valence-electron chi connectivity index (χ0n) is 21.2. The molecule has 8 heteroatoms. The monoisotopic (exact) mass is 522 g/mol. The van der Waals surface area contributed by atoms with E-state index in [9.17, 15) is 9.18 Å². The van der Waals surface area contributed by atoms with Crippen molar-refractivity contribution in [2.75, 3.05) is 32.1 Å². The number of benzene rings is 3. The maximum atomic E-state index is 13.5. The summed E-state index contributed by atoms with van der Waals surface area (Å²) in [5.41, 5.74) is 3.30. The van der Waals surface area contributed by atoms with Crippen LogP contribution in [0.1, 0.15) is 31.1 Å². The maximum Gasteiger partial charge on any atom is 0.251 e. The molecule has 6 nitrogen and oxygen atoms in total. The molecule has 0 saturated heterocycles. The summed E-state index contributed by atoms with van der Waals surface area (Å²) in [6, 6.07) is 17.9. The number of carbonyl (C=O) groups is 1. The maximum absolute atomic E-state index is 13.5. The standard InChI is InChI=1S/C29H31FN2O4S/c1-4-34-24-17-20(18-25(35-5-2)27(24)36-6-3)29(33)31-15-16-37-28-22-9-7-8-10-23(22)32-26(28)19-11-13-21(30)14-12-19/h7-14,17-18,32H,4-6,15-16H2,1-3H3,(H,31,33). The van der Waals surface area contributed by atoms with E-state index in [1.165, 1.54) is 12.1 Å². The molecule has 0 atom stereocenters. The van der Waals surface area contributed by atoms with Crippen LogP contribution in [0.25, 0.3) is 22.2 Å². The number of carbonyl (C=O) groups excluding carboxylic acids is 1. The molecule has 1 amide bonds. The predicted octanol–water partition coefficient (Wildman–Crippen LogP) is 6.69. The van der Waals surface area contributed by atoms with E-state index in [1.54, 1.807) is 36.0 Å². The Balaban J connectivity index is 1.48. The normalized spacial score (nSPS) is 10.9. The molecule has 4 rings (SSSR count). The Bertz CT molecular complexity index is 1330. The highest BCUT2D eigenvalue weighted by Crippen LogP contribution is 2.40. The Morgan fingerprint density at radius 3 is 2.22 bits per heavy atom. The number of halogens is 1. The highest BCUT2D eigenvalue weighted by Gasteiger charge is 2.19. The SMILES string of the molecule is CCOc1cc(C(=O)NCCSc2c(-c3ccc(F)cc3)[nH]c3ccccc23)cc(OCC)c1OCC. The van der Waals surface area contributed by atoms with Crippen molar-refractivity contribution in [3.05, 3.63) is 72.0 Å². The second kappa shape index (κ2) is 12.5. The minimum Gasteiger partial charge on any atom is -0.490 e.